The minimum atomic E-state index is -4.44. The van der Waals surface area contributed by atoms with E-state index in [0.29, 0.717) is 5.88 Å². The van der Waals surface area contributed by atoms with Crippen LogP contribution in [0.2, 0.25) is 5.02 Å². The van der Waals surface area contributed by atoms with Gasteiger partial charge in [0.2, 0.25) is 5.88 Å². The van der Waals surface area contributed by atoms with Gasteiger partial charge in [0.25, 0.3) is 0 Å². The van der Waals surface area contributed by atoms with Crippen LogP contribution in [0.3, 0.4) is 0 Å². The minimum absolute atomic E-state index is 0.0190. The van der Waals surface area contributed by atoms with E-state index in [1.807, 2.05) is 0 Å². The van der Waals surface area contributed by atoms with Gasteiger partial charge >= 0.3 is 6.18 Å². The molecule has 2 aromatic rings. The molecule has 0 fully saturated rings. The van der Waals surface area contributed by atoms with Gasteiger partial charge in [-0.15, -0.1) is 0 Å². The number of halogens is 4. The Morgan fingerprint density at radius 2 is 2.05 bits per heavy atom. The molecule has 0 radical (unpaired) electrons. The molecular weight excluding hydrogens is 305 g/mol. The Kier molecular flexibility index (Phi) is 4.57. The second-order valence-electron chi connectivity index (χ2n) is 4.25. The zero-order chi connectivity index (χ0) is 15.5. The summed E-state index contributed by atoms with van der Waals surface area (Å²) in [5.74, 6) is 0.420. The molecule has 3 nitrogen and oxygen atoms in total. The SMILES string of the molecule is COc1ncccc1CNc1cc(Cl)cc(C(F)(F)F)c1. The molecule has 21 heavy (non-hydrogen) atoms. The van der Waals surface area contributed by atoms with Crippen molar-refractivity contribution in [2.45, 2.75) is 12.7 Å². The molecule has 0 aliphatic rings. The molecule has 1 heterocycles. The number of nitrogens with zero attached hydrogens (tertiary/aromatic N) is 1. The van der Waals surface area contributed by atoms with Gasteiger partial charge in [-0.1, -0.05) is 17.7 Å². The standard InChI is InChI=1S/C14H12ClF3N2O/c1-21-13-9(3-2-4-19-13)8-20-12-6-10(14(16,17)18)5-11(15)7-12/h2-7,20H,8H2,1H3. The first-order valence-electron chi connectivity index (χ1n) is 5.99. The molecule has 0 atom stereocenters. The third-order valence-electron chi connectivity index (χ3n) is 2.75. The van der Waals surface area contributed by atoms with Gasteiger partial charge in [0.1, 0.15) is 0 Å². The molecule has 112 valence electrons. The maximum atomic E-state index is 12.7. The Balaban J connectivity index is 2.19. The van der Waals surface area contributed by atoms with Crippen molar-refractivity contribution in [3.05, 3.63) is 52.7 Å². The van der Waals surface area contributed by atoms with Crippen LogP contribution in [0.1, 0.15) is 11.1 Å². The third-order valence-corrected chi connectivity index (χ3v) is 2.97. The lowest BCUT2D eigenvalue weighted by atomic mass is 10.2. The van der Waals surface area contributed by atoms with Crippen molar-refractivity contribution in [3.63, 3.8) is 0 Å². The highest BCUT2D eigenvalue weighted by Gasteiger charge is 2.31. The number of ether oxygens (including phenoxy) is 1. The molecule has 0 unspecified atom stereocenters. The summed E-state index contributed by atoms with van der Waals surface area (Å²) in [7, 11) is 1.48. The van der Waals surface area contributed by atoms with E-state index in [1.54, 1.807) is 18.3 Å². The van der Waals surface area contributed by atoms with Gasteiger partial charge < -0.3 is 10.1 Å². The van der Waals surface area contributed by atoms with E-state index < -0.39 is 11.7 Å². The summed E-state index contributed by atoms with van der Waals surface area (Å²) in [6.07, 6.45) is -2.86. The summed E-state index contributed by atoms with van der Waals surface area (Å²) in [5.41, 5.74) is 0.213. The number of nitrogens with one attached hydrogen (secondary N) is 1. The topological polar surface area (TPSA) is 34.1 Å². The highest BCUT2D eigenvalue weighted by atomic mass is 35.5. The van der Waals surface area contributed by atoms with E-state index in [4.69, 9.17) is 16.3 Å². The number of benzene rings is 1. The molecule has 0 spiro atoms. The number of hydrogen-bond acceptors (Lipinski definition) is 3. The van der Waals surface area contributed by atoms with E-state index in [9.17, 15) is 13.2 Å². The lowest BCUT2D eigenvalue weighted by Gasteiger charge is -2.12. The average Bonchev–Trinajstić information content (AvgIpc) is 2.44. The number of anilines is 1. The number of methoxy groups -OCH3 is 1. The predicted molar refractivity (Wildman–Crippen MR) is 74.6 cm³/mol. The Labute approximate surface area is 124 Å². The highest BCUT2D eigenvalue weighted by Crippen LogP contribution is 2.33. The molecule has 1 N–H and O–H groups in total. The van der Waals surface area contributed by atoms with Crippen LogP contribution in [0.25, 0.3) is 0 Å². The van der Waals surface area contributed by atoms with Gasteiger partial charge in [-0.25, -0.2) is 4.98 Å². The smallest absolute Gasteiger partial charge is 0.416 e. The van der Waals surface area contributed by atoms with E-state index in [-0.39, 0.29) is 17.3 Å². The molecule has 1 aromatic heterocycles. The number of alkyl halides is 3. The first-order chi connectivity index (χ1) is 9.90. The van der Waals surface area contributed by atoms with Crippen LogP contribution in [0.4, 0.5) is 18.9 Å². The Morgan fingerprint density at radius 1 is 1.29 bits per heavy atom. The Bertz CT molecular complexity index is 632. The molecule has 2 rings (SSSR count). The molecule has 0 aliphatic heterocycles. The van der Waals surface area contributed by atoms with Crippen LogP contribution in [-0.4, -0.2) is 12.1 Å². The third kappa shape index (κ3) is 4.01. The predicted octanol–water partition coefficient (Wildman–Crippen LogP) is 4.37. The first-order valence-corrected chi connectivity index (χ1v) is 6.37. The number of pyridine rings is 1. The van der Waals surface area contributed by atoms with E-state index in [0.717, 1.165) is 17.7 Å². The Hall–Kier alpha value is -1.95. The molecule has 0 saturated heterocycles. The van der Waals surface area contributed by atoms with Crippen molar-refractivity contribution in [2.75, 3.05) is 12.4 Å². The second kappa shape index (κ2) is 6.22. The van der Waals surface area contributed by atoms with Crippen molar-refractivity contribution in [1.82, 2.24) is 4.98 Å². The summed E-state index contributed by atoms with van der Waals surface area (Å²) >= 11 is 5.72. The van der Waals surface area contributed by atoms with Crippen LogP contribution in [0.5, 0.6) is 5.88 Å². The fourth-order valence-corrected chi connectivity index (χ4v) is 2.03. The largest absolute Gasteiger partial charge is 0.481 e. The van der Waals surface area contributed by atoms with Gasteiger partial charge in [-0.3, -0.25) is 0 Å². The van der Waals surface area contributed by atoms with Crippen LogP contribution in [-0.2, 0) is 12.7 Å². The number of rotatable bonds is 4. The van der Waals surface area contributed by atoms with Gasteiger partial charge in [-0.05, 0) is 24.3 Å². The van der Waals surface area contributed by atoms with Crippen molar-refractivity contribution < 1.29 is 17.9 Å². The summed E-state index contributed by atoms with van der Waals surface area (Å²) < 4.78 is 43.2. The van der Waals surface area contributed by atoms with Gasteiger partial charge in [0.15, 0.2) is 0 Å². The van der Waals surface area contributed by atoms with Crippen molar-refractivity contribution >= 4 is 17.3 Å². The summed E-state index contributed by atoms with van der Waals surface area (Å²) in [4.78, 5) is 4.02. The summed E-state index contributed by atoms with van der Waals surface area (Å²) in [5, 5.41) is 2.90. The quantitative estimate of drug-likeness (QED) is 0.909. The first kappa shape index (κ1) is 15.4. The summed E-state index contributed by atoms with van der Waals surface area (Å²) in [6, 6.07) is 6.82. The molecule has 0 bridgehead atoms. The van der Waals surface area contributed by atoms with Crippen LogP contribution < -0.4 is 10.1 Å². The normalized spacial score (nSPS) is 11.3. The highest BCUT2D eigenvalue weighted by molar-refractivity contribution is 6.30. The van der Waals surface area contributed by atoms with Crippen molar-refractivity contribution in [1.29, 1.82) is 0 Å². The van der Waals surface area contributed by atoms with Crippen LogP contribution in [0.15, 0.2) is 36.5 Å². The second-order valence-corrected chi connectivity index (χ2v) is 4.69. The molecule has 0 amide bonds. The molecule has 0 saturated carbocycles. The zero-order valence-corrected chi connectivity index (χ0v) is 11.8. The van der Waals surface area contributed by atoms with E-state index in [1.165, 1.54) is 13.2 Å². The lowest BCUT2D eigenvalue weighted by molar-refractivity contribution is -0.137. The Morgan fingerprint density at radius 3 is 2.71 bits per heavy atom. The van der Waals surface area contributed by atoms with Crippen molar-refractivity contribution in [3.8, 4) is 5.88 Å². The number of aromatic nitrogens is 1. The monoisotopic (exact) mass is 316 g/mol. The fraction of sp³-hybridized carbons (Fsp3) is 0.214. The van der Waals surface area contributed by atoms with Crippen LogP contribution in [0, 0.1) is 0 Å². The fourth-order valence-electron chi connectivity index (χ4n) is 1.80. The zero-order valence-electron chi connectivity index (χ0n) is 11.0. The maximum absolute atomic E-state index is 12.7. The van der Waals surface area contributed by atoms with Crippen molar-refractivity contribution in [2.24, 2.45) is 0 Å². The van der Waals surface area contributed by atoms with Gasteiger partial charge in [-0.2, -0.15) is 13.2 Å². The number of hydrogen-bond donors (Lipinski definition) is 1. The molecule has 7 heteroatoms. The molecule has 1 aromatic carbocycles. The summed E-state index contributed by atoms with van der Waals surface area (Å²) in [6.45, 7) is 0.272. The van der Waals surface area contributed by atoms with E-state index >= 15 is 0 Å². The van der Waals surface area contributed by atoms with Gasteiger partial charge in [0.05, 0.1) is 12.7 Å². The van der Waals surface area contributed by atoms with E-state index in [2.05, 4.69) is 10.3 Å². The lowest BCUT2D eigenvalue weighted by Crippen LogP contribution is -2.07. The minimum Gasteiger partial charge on any atom is -0.481 e. The maximum Gasteiger partial charge on any atom is 0.416 e. The molecule has 0 aliphatic carbocycles. The van der Waals surface area contributed by atoms with Gasteiger partial charge in [0, 0.05) is 29.0 Å². The average molecular weight is 317 g/mol. The molecular formula is C14H12ClF3N2O. The van der Waals surface area contributed by atoms with Crippen LogP contribution >= 0.6 is 11.6 Å².